The standard InChI is InChI=1S/C28H39N3O3/c1-7-17-30(18-24(32)20-33-28(4,5)6)19-26-22(3)29-31(23-11-9-8-10-12-23)27(26)34-25-15-13-21(2)14-16-25/h8-16,24,32H,7,17-20H2,1-6H3. The Morgan fingerprint density at radius 1 is 1.03 bits per heavy atom. The van der Waals surface area contributed by atoms with Crippen LogP contribution in [0.5, 0.6) is 11.6 Å². The van der Waals surface area contributed by atoms with E-state index in [1.165, 1.54) is 5.56 Å². The first-order valence-electron chi connectivity index (χ1n) is 12.1. The number of para-hydroxylation sites is 1. The maximum atomic E-state index is 10.7. The van der Waals surface area contributed by atoms with Gasteiger partial charge in [-0.25, -0.2) is 4.68 Å². The van der Waals surface area contributed by atoms with Gasteiger partial charge in [-0.05, 0) is 71.8 Å². The van der Waals surface area contributed by atoms with Crippen LogP contribution >= 0.6 is 0 Å². The topological polar surface area (TPSA) is 59.8 Å². The molecule has 34 heavy (non-hydrogen) atoms. The average Bonchev–Trinajstić information content (AvgIpc) is 3.09. The van der Waals surface area contributed by atoms with Crippen LogP contribution in [0, 0.1) is 13.8 Å². The summed E-state index contributed by atoms with van der Waals surface area (Å²) in [6.45, 7) is 14.5. The van der Waals surface area contributed by atoms with Gasteiger partial charge in [-0.15, -0.1) is 0 Å². The normalized spacial score (nSPS) is 12.8. The number of ether oxygens (including phenoxy) is 2. The maximum absolute atomic E-state index is 10.7. The van der Waals surface area contributed by atoms with Crippen molar-refractivity contribution in [1.82, 2.24) is 14.7 Å². The molecule has 3 rings (SSSR count). The van der Waals surface area contributed by atoms with E-state index < -0.39 is 6.10 Å². The molecule has 0 saturated carbocycles. The van der Waals surface area contributed by atoms with Gasteiger partial charge in [0, 0.05) is 13.1 Å². The Labute approximate surface area is 204 Å². The van der Waals surface area contributed by atoms with Crippen molar-refractivity contribution in [2.75, 3.05) is 19.7 Å². The van der Waals surface area contributed by atoms with Gasteiger partial charge in [0.05, 0.1) is 35.3 Å². The summed E-state index contributed by atoms with van der Waals surface area (Å²) in [5.74, 6) is 1.47. The fraction of sp³-hybridized carbons (Fsp3) is 0.464. The van der Waals surface area contributed by atoms with E-state index in [4.69, 9.17) is 14.6 Å². The van der Waals surface area contributed by atoms with Crippen molar-refractivity contribution >= 4 is 0 Å². The number of benzene rings is 2. The van der Waals surface area contributed by atoms with Crippen molar-refractivity contribution < 1.29 is 14.6 Å². The van der Waals surface area contributed by atoms with Crippen LogP contribution in [0.15, 0.2) is 54.6 Å². The van der Waals surface area contributed by atoms with Gasteiger partial charge < -0.3 is 14.6 Å². The van der Waals surface area contributed by atoms with Crippen molar-refractivity contribution in [3.05, 3.63) is 71.4 Å². The molecule has 0 fully saturated rings. The molecule has 1 aromatic heterocycles. The number of aliphatic hydroxyl groups is 1. The number of aryl methyl sites for hydroxylation is 2. The third-order valence-electron chi connectivity index (χ3n) is 5.47. The largest absolute Gasteiger partial charge is 0.439 e. The van der Waals surface area contributed by atoms with Crippen molar-refractivity contribution in [2.24, 2.45) is 0 Å². The number of rotatable bonds is 11. The predicted molar refractivity (Wildman–Crippen MR) is 137 cm³/mol. The molecule has 1 unspecified atom stereocenters. The first kappa shape index (κ1) is 25.9. The van der Waals surface area contributed by atoms with Crippen LogP contribution in [0.3, 0.4) is 0 Å². The van der Waals surface area contributed by atoms with Gasteiger partial charge in [-0.1, -0.05) is 42.8 Å². The Morgan fingerprint density at radius 3 is 2.32 bits per heavy atom. The summed E-state index contributed by atoms with van der Waals surface area (Å²) in [5, 5.41) is 15.5. The fourth-order valence-electron chi connectivity index (χ4n) is 3.76. The average molecular weight is 466 g/mol. The third-order valence-corrected chi connectivity index (χ3v) is 5.47. The molecular formula is C28H39N3O3. The third kappa shape index (κ3) is 7.42. The first-order chi connectivity index (χ1) is 16.2. The quantitative estimate of drug-likeness (QED) is 0.395. The molecular weight excluding hydrogens is 426 g/mol. The summed E-state index contributed by atoms with van der Waals surface area (Å²) >= 11 is 0. The van der Waals surface area contributed by atoms with Crippen LogP contribution in [0.1, 0.15) is 50.9 Å². The molecule has 0 spiro atoms. The summed E-state index contributed by atoms with van der Waals surface area (Å²) in [6, 6.07) is 18.1. The van der Waals surface area contributed by atoms with Gasteiger partial charge in [-0.2, -0.15) is 5.10 Å². The van der Waals surface area contributed by atoms with Gasteiger partial charge in [-0.3, -0.25) is 4.90 Å². The number of aromatic nitrogens is 2. The van der Waals surface area contributed by atoms with Gasteiger partial charge in [0.1, 0.15) is 5.75 Å². The highest BCUT2D eigenvalue weighted by atomic mass is 16.5. The molecule has 1 N–H and O–H groups in total. The maximum Gasteiger partial charge on any atom is 0.227 e. The van der Waals surface area contributed by atoms with E-state index in [9.17, 15) is 5.11 Å². The Bertz CT molecular complexity index is 1020. The van der Waals surface area contributed by atoms with E-state index in [0.29, 0.717) is 25.6 Å². The molecule has 1 atom stereocenters. The molecule has 1 heterocycles. The van der Waals surface area contributed by atoms with E-state index >= 15 is 0 Å². The van der Waals surface area contributed by atoms with E-state index in [-0.39, 0.29) is 5.60 Å². The van der Waals surface area contributed by atoms with E-state index in [1.807, 2.05) is 87.0 Å². The highest BCUT2D eigenvalue weighted by molar-refractivity contribution is 5.43. The van der Waals surface area contributed by atoms with Crippen molar-refractivity contribution in [1.29, 1.82) is 0 Å². The summed E-state index contributed by atoms with van der Waals surface area (Å²) in [4.78, 5) is 2.25. The lowest BCUT2D eigenvalue weighted by molar-refractivity contribution is -0.0567. The Hall–Kier alpha value is -2.67. The molecule has 184 valence electrons. The molecule has 0 saturated heterocycles. The van der Waals surface area contributed by atoms with Crippen molar-refractivity contribution in [3.8, 4) is 17.3 Å². The number of hydrogen-bond acceptors (Lipinski definition) is 5. The van der Waals surface area contributed by atoms with Gasteiger partial charge >= 0.3 is 0 Å². The molecule has 2 aromatic carbocycles. The van der Waals surface area contributed by atoms with Crippen LogP contribution in [0.25, 0.3) is 5.69 Å². The van der Waals surface area contributed by atoms with Crippen LogP contribution in [-0.2, 0) is 11.3 Å². The lowest BCUT2D eigenvalue weighted by Crippen LogP contribution is -2.37. The molecule has 0 aliphatic carbocycles. The SMILES string of the molecule is CCCN(Cc1c(C)nn(-c2ccccc2)c1Oc1ccc(C)cc1)CC(O)COC(C)(C)C. The summed E-state index contributed by atoms with van der Waals surface area (Å²) < 4.78 is 14.1. The molecule has 0 aliphatic heterocycles. The first-order valence-corrected chi connectivity index (χ1v) is 12.1. The summed E-state index contributed by atoms with van der Waals surface area (Å²) in [5.41, 5.74) is 3.77. The fourth-order valence-corrected chi connectivity index (χ4v) is 3.76. The second kappa shape index (κ2) is 11.6. The molecule has 0 radical (unpaired) electrons. The van der Waals surface area contributed by atoms with E-state index in [1.54, 1.807) is 0 Å². The minimum absolute atomic E-state index is 0.279. The van der Waals surface area contributed by atoms with Crippen molar-refractivity contribution in [3.63, 3.8) is 0 Å². The number of nitrogens with zero attached hydrogens (tertiary/aromatic N) is 3. The minimum atomic E-state index is -0.572. The van der Waals surface area contributed by atoms with Gasteiger partial charge in [0.15, 0.2) is 0 Å². The number of hydrogen-bond donors (Lipinski definition) is 1. The summed E-state index contributed by atoms with van der Waals surface area (Å²) in [7, 11) is 0. The van der Waals surface area contributed by atoms with Crippen LogP contribution in [-0.4, -0.2) is 51.2 Å². The van der Waals surface area contributed by atoms with E-state index in [2.05, 4.69) is 18.7 Å². The Morgan fingerprint density at radius 2 is 1.71 bits per heavy atom. The molecule has 0 aliphatic rings. The Balaban J connectivity index is 1.90. The predicted octanol–water partition coefficient (Wildman–Crippen LogP) is 5.67. The lowest BCUT2D eigenvalue weighted by Gasteiger charge is -2.27. The van der Waals surface area contributed by atoms with Gasteiger partial charge in [0.2, 0.25) is 5.88 Å². The zero-order valence-electron chi connectivity index (χ0n) is 21.4. The monoisotopic (exact) mass is 465 g/mol. The molecule has 0 bridgehead atoms. The van der Waals surface area contributed by atoms with Crippen molar-refractivity contribution in [2.45, 2.75) is 66.2 Å². The van der Waals surface area contributed by atoms with Crippen LogP contribution < -0.4 is 4.74 Å². The minimum Gasteiger partial charge on any atom is -0.439 e. The van der Waals surface area contributed by atoms with Crippen LogP contribution in [0.2, 0.25) is 0 Å². The molecule has 3 aromatic rings. The van der Waals surface area contributed by atoms with E-state index in [0.717, 1.165) is 35.7 Å². The Kier molecular flexibility index (Phi) is 8.89. The second-order valence-electron chi connectivity index (χ2n) is 9.84. The van der Waals surface area contributed by atoms with Gasteiger partial charge in [0.25, 0.3) is 0 Å². The summed E-state index contributed by atoms with van der Waals surface area (Å²) in [6.07, 6.45) is 0.407. The zero-order valence-corrected chi connectivity index (χ0v) is 21.4. The lowest BCUT2D eigenvalue weighted by atomic mass is 10.2. The highest BCUT2D eigenvalue weighted by Gasteiger charge is 2.23. The highest BCUT2D eigenvalue weighted by Crippen LogP contribution is 2.32. The van der Waals surface area contributed by atoms with Crippen LogP contribution in [0.4, 0.5) is 0 Å². The zero-order chi connectivity index (χ0) is 24.7. The number of aliphatic hydroxyl groups excluding tert-OH is 1. The second-order valence-corrected chi connectivity index (χ2v) is 9.84. The molecule has 0 amide bonds. The smallest absolute Gasteiger partial charge is 0.227 e. The molecule has 6 nitrogen and oxygen atoms in total. The molecule has 6 heteroatoms.